The molecule has 0 saturated heterocycles. The van der Waals surface area contributed by atoms with Crippen LogP contribution < -0.4 is 0 Å². The third kappa shape index (κ3) is 7.06. The first-order valence-corrected chi connectivity index (χ1v) is 18.2. The van der Waals surface area contributed by atoms with E-state index in [2.05, 4.69) is 12.1 Å². The second-order valence-corrected chi connectivity index (χ2v) is 13.1. The molecule has 2 heterocycles. The van der Waals surface area contributed by atoms with E-state index in [0.717, 1.165) is 55.6 Å². The van der Waals surface area contributed by atoms with Crippen LogP contribution in [0.2, 0.25) is 0 Å². The predicted molar refractivity (Wildman–Crippen MR) is 221 cm³/mol. The van der Waals surface area contributed by atoms with Crippen molar-refractivity contribution in [1.82, 2.24) is 29.9 Å². The van der Waals surface area contributed by atoms with Crippen LogP contribution >= 0.6 is 0 Å². The van der Waals surface area contributed by atoms with Gasteiger partial charge in [0.2, 0.25) is 0 Å². The number of nitriles is 1. The fraction of sp³-hybridized carbons (Fsp3) is 0. The summed E-state index contributed by atoms with van der Waals surface area (Å²) in [4.78, 5) is 29.5. The lowest BCUT2D eigenvalue weighted by Crippen LogP contribution is -2.01. The molecule has 0 radical (unpaired) electrons. The van der Waals surface area contributed by atoms with Crippen LogP contribution in [0.1, 0.15) is 5.56 Å². The zero-order valence-corrected chi connectivity index (χ0v) is 30.0. The molecule has 9 aromatic rings. The molecule has 0 aliphatic heterocycles. The summed E-state index contributed by atoms with van der Waals surface area (Å²) in [5.74, 6) is 3.50. The fourth-order valence-electron chi connectivity index (χ4n) is 6.62. The molecular weight excluding hydrogens is 687 g/mol. The molecule has 9 rings (SSSR count). The first kappa shape index (κ1) is 33.9. The Balaban J connectivity index is 1.11. The largest absolute Gasteiger partial charge is 0.208 e. The average Bonchev–Trinajstić information content (AvgIpc) is 3.29. The first-order valence-electron chi connectivity index (χ1n) is 18.2. The molecule has 0 N–H and O–H groups in total. The van der Waals surface area contributed by atoms with Gasteiger partial charge in [-0.2, -0.15) is 5.26 Å². The minimum absolute atomic E-state index is 0.541. The summed E-state index contributed by atoms with van der Waals surface area (Å²) >= 11 is 0. The summed E-state index contributed by atoms with van der Waals surface area (Å²) in [5, 5.41) is 10.2. The predicted octanol–water partition coefficient (Wildman–Crippen LogP) is 11.3. The Bertz CT molecular complexity index is 2720. The van der Waals surface area contributed by atoms with Crippen molar-refractivity contribution in [3.05, 3.63) is 194 Å². The number of hydrogen-bond acceptors (Lipinski definition) is 7. The van der Waals surface area contributed by atoms with Gasteiger partial charge in [-0.15, -0.1) is 0 Å². The molecule has 56 heavy (non-hydrogen) atoms. The number of hydrogen-bond donors (Lipinski definition) is 0. The summed E-state index contributed by atoms with van der Waals surface area (Å²) in [7, 11) is 0. The highest BCUT2D eigenvalue weighted by Crippen LogP contribution is 2.36. The van der Waals surface area contributed by atoms with Gasteiger partial charge >= 0.3 is 0 Å². The summed E-state index contributed by atoms with van der Waals surface area (Å²) in [6.45, 7) is 0. The van der Waals surface area contributed by atoms with Crippen LogP contribution in [0, 0.1) is 11.3 Å². The van der Waals surface area contributed by atoms with E-state index in [1.54, 1.807) is 0 Å². The Kier molecular flexibility index (Phi) is 9.18. The Hall–Kier alpha value is -7.95. The third-order valence-corrected chi connectivity index (χ3v) is 9.42. The quantitative estimate of drug-likeness (QED) is 0.154. The molecule has 0 saturated carbocycles. The minimum Gasteiger partial charge on any atom is -0.208 e. The molecule has 0 bridgehead atoms. The van der Waals surface area contributed by atoms with Crippen molar-refractivity contribution in [2.45, 2.75) is 0 Å². The molecule has 0 amide bonds. The molecule has 0 aliphatic carbocycles. The molecule has 0 fully saturated rings. The van der Waals surface area contributed by atoms with Crippen molar-refractivity contribution in [1.29, 1.82) is 5.26 Å². The molecule has 0 unspecified atom stereocenters. The van der Waals surface area contributed by atoms with Gasteiger partial charge in [0.1, 0.15) is 0 Å². The van der Waals surface area contributed by atoms with E-state index in [0.29, 0.717) is 40.5 Å². The van der Waals surface area contributed by atoms with Crippen LogP contribution in [0.3, 0.4) is 0 Å². The maximum atomic E-state index is 10.2. The van der Waals surface area contributed by atoms with E-state index in [1.165, 1.54) is 0 Å². The number of nitrogens with zero attached hydrogens (tertiary/aromatic N) is 7. The highest BCUT2D eigenvalue weighted by molar-refractivity contribution is 5.85. The lowest BCUT2D eigenvalue weighted by atomic mass is 9.93. The monoisotopic (exact) mass is 717 g/mol. The van der Waals surface area contributed by atoms with Crippen LogP contribution in [0.15, 0.2) is 188 Å². The molecule has 7 aromatic carbocycles. The highest BCUT2D eigenvalue weighted by atomic mass is 15.0. The van der Waals surface area contributed by atoms with Gasteiger partial charge in [-0.25, -0.2) is 29.9 Å². The van der Waals surface area contributed by atoms with Gasteiger partial charge < -0.3 is 0 Å². The van der Waals surface area contributed by atoms with E-state index < -0.39 is 0 Å². The van der Waals surface area contributed by atoms with Crippen molar-refractivity contribution in [2.75, 3.05) is 0 Å². The Morgan fingerprint density at radius 3 is 1.00 bits per heavy atom. The maximum Gasteiger partial charge on any atom is 0.164 e. The summed E-state index contributed by atoms with van der Waals surface area (Å²) in [6.07, 6.45) is 0. The SMILES string of the molecule is N#Cc1cc(-c2ccc(-c3nc(-c4ccccc4)nc(-c4ccccc4)n3)cc2)cc(-c2ccccc2-c2nc(-c3ccccc3)nc(-c3ccccc3)n2)c1. The zero-order chi connectivity index (χ0) is 37.7. The summed E-state index contributed by atoms with van der Waals surface area (Å²) in [6, 6.07) is 64.2. The van der Waals surface area contributed by atoms with Gasteiger partial charge in [0.25, 0.3) is 0 Å². The van der Waals surface area contributed by atoms with E-state index in [4.69, 9.17) is 29.9 Å². The topological polar surface area (TPSA) is 101 Å². The molecule has 7 nitrogen and oxygen atoms in total. The van der Waals surface area contributed by atoms with Gasteiger partial charge in [-0.1, -0.05) is 170 Å². The van der Waals surface area contributed by atoms with Gasteiger partial charge in [-0.3, -0.25) is 0 Å². The third-order valence-electron chi connectivity index (χ3n) is 9.42. The number of aromatic nitrogens is 6. The van der Waals surface area contributed by atoms with Crippen molar-refractivity contribution in [3.63, 3.8) is 0 Å². The Labute approximate surface area is 324 Å². The minimum atomic E-state index is 0.541. The van der Waals surface area contributed by atoms with Crippen LogP contribution in [0.5, 0.6) is 0 Å². The van der Waals surface area contributed by atoms with Crippen molar-refractivity contribution in [3.8, 4) is 96.7 Å². The first-order chi connectivity index (χ1) is 27.7. The van der Waals surface area contributed by atoms with E-state index in [1.807, 2.05) is 182 Å². The molecular formula is C49H31N7. The normalized spacial score (nSPS) is 10.8. The smallest absolute Gasteiger partial charge is 0.164 e. The molecule has 0 aliphatic rings. The van der Waals surface area contributed by atoms with Gasteiger partial charge in [0.15, 0.2) is 34.9 Å². The van der Waals surface area contributed by atoms with Gasteiger partial charge in [0, 0.05) is 33.4 Å². The molecule has 262 valence electrons. The Morgan fingerprint density at radius 1 is 0.268 bits per heavy atom. The van der Waals surface area contributed by atoms with Crippen molar-refractivity contribution < 1.29 is 0 Å². The maximum absolute atomic E-state index is 10.2. The van der Waals surface area contributed by atoms with E-state index in [-0.39, 0.29) is 0 Å². The zero-order valence-electron chi connectivity index (χ0n) is 30.0. The lowest BCUT2D eigenvalue weighted by Gasteiger charge is -2.13. The molecule has 0 atom stereocenters. The second kappa shape index (κ2) is 15.2. The van der Waals surface area contributed by atoms with Gasteiger partial charge in [0.05, 0.1) is 11.6 Å². The molecule has 0 spiro atoms. The van der Waals surface area contributed by atoms with Gasteiger partial charge in [-0.05, 0) is 40.5 Å². The number of benzene rings is 7. The van der Waals surface area contributed by atoms with E-state index in [9.17, 15) is 5.26 Å². The summed E-state index contributed by atoms with van der Waals surface area (Å²) < 4.78 is 0. The fourth-order valence-corrected chi connectivity index (χ4v) is 6.62. The van der Waals surface area contributed by atoms with Crippen LogP contribution in [0.25, 0.3) is 90.6 Å². The average molecular weight is 718 g/mol. The van der Waals surface area contributed by atoms with Crippen LogP contribution in [-0.4, -0.2) is 29.9 Å². The Morgan fingerprint density at radius 2 is 0.589 bits per heavy atom. The second-order valence-electron chi connectivity index (χ2n) is 13.1. The highest BCUT2D eigenvalue weighted by Gasteiger charge is 2.17. The molecule has 7 heteroatoms. The summed E-state index contributed by atoms with van der Waals surface area (Å²) in [5.41, 5.74) is 9.47. The molecule has 2 aromatic heterocycles. The van der Waals surface area contributed by atoms with Crippen molar-refractivity contribution >= 4 is 0 Å². The lowest BCUT2D eigenvalue weighted by molar-refractivity contribution is 1.07. The van der Waals surface area contributed by atoms with Crippen molar-refractivity contribution in [2.24, 2.45) is 0 Å². The standard InChI is InChI=1S/C49H31N7/c50-32-33-29-40(34-25-27-39(28-26-34)48-52-44(35-15-5-1-6-16-35)51-45(53-48)36-17-7-2-8-18-36)31-41(30-33)42-23-13-14-24-43(42)49-55-46(37-19-9-3-10-20-37)54-47(56-49)38-21-11-4-12-22-38/h1-31H. The van der Waals surface area contributed by atoms with Crippen LogP contribution in [-0.2, 0) is 0 Å². The number of rotatable bonds is 8. The van der Waals surface area contributed by atoms with E-state index >= 15 is 0 Å². The van der Waals surface area contributed by atoms with Crippen LogP contribution in [0.4, 0.5) is 0 Å².